The van der Waals surface area contributed by atoms with Crippen LogP contribution in [0.3, 0.4) is 0 Å². The van der Waals surface area contributed by atoms with Crippen LogP contribution in [0.15, 0.2) is 29.2 Å². The van der Waals surface area contributed by atoms with Crippen LogP contribution in [0.4, 0.5) is 0 Å². The van der Waals surface area contributed by atoms with E-state index in [1.807, 2.05) is 0 Å². The maximum atomic E-state index is 11.3. The van der Waals surface area contributed by atoms with Crippen LogP contribution in [-0.4, -0.2) is 30.3 Å². The van der Waals surface area contributed by atoms with Crippen LogP contribution in [-0.2, 0) is 10.1 Å². The fourth-order valence-corrected chi connectivity index (χ4v) is 2.48. The molecular weight excluding hydrogens is 260 g/mol. The Hall–Kier alpha value is -1.99. The van der Waals surface area contributed by atoms with E-state index < -0.39 is 26.5 Å². The number of phenolic OH excluding ortho intramolecular Hbond substituents is 2. The SMILES string of the molecule is COc1cc(O)c(O)c2cccc(S(=O)(=O)O)c12. The lowest BCUT2D eigenvalue weighted by atomic mass is 10.1. The number of rotatable bonds is 2. The Morgan fingerprint density at radius 2 is 1.89 bits per heavy atom. The van der Waals surface area contributed by atoms with Gasteiger partial charge in [-0.25, -0.2) is 0 Å². The summed E-state index contributed by atoms with van der Waals surface area (Å²) in [5.74, 6) is -0.878. The molecule has 0 spiro atoms. The molecule has 3 N–H and O–H groups in total. The Morgan fingerprint density at radius 1 is 1.22 bits per heavy atom. The van der Waals surface area contributed by atoms with Gasteiger partial charge in [-0.05, 0) is 6.07 Å². The second-order valence-electron chi connectivity index (χ2n) is 3.60. The normalized spacial score (nSPS) is 11.7. The van der Waals surface area contributed by atoms with E-state index in [2.05, 4.69) is 0 Å². The number of benzene rings is 2. The van der Waals surface area contributed by atoms with Gasteiger partial charge in [-0.3, -0.25) is 4.55 Å². The topological polar surface area (TPSA) is 104 Å². The summed E-state index contributed by atoms with van der Waals surface area (Å²) < 4.78 is 36.6. The van der Waals surface area contributed by atoms with Gasteiger partial charge >= 0.3 is 0 Å². The minimum absolute atomic E-state index is 0.0119. The molecule has 0 heterocycles. The Balaban J connectivity index is 3.05. The van der Waals surface area contributed by atoms with Gasteiger partial charge in [0.2, 0.25) is 0 Å². The van der Waals surface area contributed by atoms with Gasteiger partial charge in [-0.2, -0.15) is 8.42 Å². The van der Waals surface area contributed by atoms with Crippen LogP contribution >= 0.6 is 0 Å². The zero-order valence-electron chi connectivity index (χ0n) is 9.28. The highest BCUT2D eigenvalue weighted by molar-refractivity contribution is 7.86. The van der Waals surface area contributed by atoms with Crippen LogP contribution in [0, 0.1) is 0 Å². The fourth-order valence-electron chi connectivity index (χ4n) is 1.76. The first-order chi connectivity index (χ1) is 8.36. The van der Waals surface area contributed by atoms with Gasteiger partial charge in [0.05, 0.1) is 7.11 Å². The standard InChI is InChI=1S/C11H10O6S/c1-17-8-5-7(12)11(13)6-3-2-4-9(10(6)8)18(14,15)16/h2-5,12-13H,1H3,(H,14,15,16). The molecule has 0 aromatic heterocycles. The molecule has 2 rings (SSSR count). The van der Waals surface area contributed by atoms with E-state index in [1.54, 1.807) is 0 Å². The lowest BCUT2D eigenvalue weighted by Crippen LogP contribution is -2.00. The molecule has 96 valence electrons. The molecule has 7 heteroatoms. The van der Waals surface area contributed by atoms with Crippen LogP contribution in [0.1, 0.15) is 0 Å². The molecular formula is C11H10O6S. The second-order valence-corrected chi connectivity index (χ2v) is 4.99. The molecule has 0 aliphatic carbocycles. The second kappa shape index (κ2) is 4.04. The first-order valence-electron chi connectivity index (χ1n) is 4.85. The van der Waals surface area contributed by atoms with Crippen molar-refractivity contribution in [2.45, 2.75) is 4.90 Å². The molecule has 0 bridgehead atoms. The molecule has 0 saturated heterocycles. The van der Waals surface area contributed by atoms with Crippen molar-refractivity contribution >= 4 is 20.9 Å². The van der Waals surface area contributed by atoms with Crippen LogP contribution in [0.5, 0.6) is 17.2 Å². The van der Waals surface area contributed by atoms with E-state index in [-0.39, 0.29) is 16.5 Å². The van der Waals surface area contributed by atoms with Crippen LogP contribution in [0.25, 0.3) is 10.8 Å². The molecule has 0 radical (unpaired) electrons. The number of methoxy groups -OCH3 is 1. The van der Waals surface area contributed by atoms with E-state index >= 15 is 0 Å². The fraction of sp³-hybridized carbons (Fsp3) is 0.0909. The van der Waals surface area contributed by atoms with Crippen molar-refractivity contribution in [3.05, 3.63) is 24.3 Å². The van der Waals surface area contributed by atoms with Crippen molar-refractivity contribution in [3.8, 4) is 17.2 Å². The maximum absolute atomic E-state index is 11.3. The van der Waals surface area contributed by atoms with Crippen molar-refractivity contribution in [2.24, 2.45) is 0 Å². The van der Waals surface area contributed by atoms with E-state index in [9.17, 15) is 18.6 Å². The molecule has 0 unspecified atom stereocenters. The maximum Gasteiger partial charge on any atom is 0.295 e. The van der Waals surface area contributed by atoms with E-state index in [4.69, 9.17) is 9.29 Å². The zero-order chi connectivity index (χ0) is 13.5. The summed E-state index contributed by atoms with van der Waals surface area (Å²) >= 11 is 0. The lowest BCUT2D eigenvalue weighted by Gasteiger charge is -2.11. The molecule has 18 heavy (non-hydrogen) atoms. The van der Waals surface area contributed by atoms with Gasteiger partial charge in [0.1, 0.15) is 10.6 Å². The Labute approximate surface area is 103 Å². The quantitative estimate of drug-likeness (QED) is 0.564. The van der Waals surface area contributed by atoms with Crippen LogP contribution < -0.4 is 4.74 Å². The van der Waals surface area contributed by atoms with Crippen LogP contribution in [0.2, 0.25) is 0 Å². The van der Waals surface area contributed by atoms with Gasteiger partial charge in [-0.15, -0.1) is 0 Å². The first-order valence-corrected chi connectivity index (χ1v) is 6.29. The highest BCUT2D eigenvalue weighted by Crippen LogP contribution is 2.42. The minimum atomic E-state index is -4.46. The zero-order valence-corrected chi connectivity index (χ0v) is 10.1. The summed E-state index contributed by atoms with van der Waals surface area (Å²) in [4.78, 5) is -0.396. The van der Waals surface area contributed by atoms with E-state index in [0.29, 0.717) is 0 Å². The predicted molar refractivity (Wildman–Crippen MR) is 63.6 cm³/mol. The molecule has 0 atom stereocenters. The van der Waals surface area contributed by atoms with E-state index in [0.717, 1.165) is 6.07 Å². The molecule has 0 saturated carbocycles. The number of aromatic hydroxyl groups is 2. The summed E-state index contributed by atoms with van der Waals surface area (Å²) in [6, 6.07) is 4.99. The summed E-state index contributed by atoms with van der Waals surface area (Å²) in [5, 5.41) is 19.3. The summed E-state index contributed by atoms with van der Waals surface area (Å²) in [5.41, 5.74) is 0. The largest absolute Gasteiger partial charge is 0.504 e. The lowest BCUT2D eigenvalue weighted by molar-refractivity contribution is 0.392. The van der Waals surface area contributed by atoms with Crippen molar-refractivity contribution in [1.82, 2.24) is 0 Å². The number of ether oxygens (including phenoxy) is 1. The van der Waals surface area contributed by atoms with Gasteiger partial charge < -0.3 is 14.9 Å². The molecule has 2 aromatic rings. The smallest absolute Gasteiger partial charge is 0.295 e. The molecule has 2 aromatic carbocycles. The Morgan fingerprint density at radius 3 is 2.44 bits per heavy atom. The molecule has 6 nitrogen and oxygen atoms in total. The highest BCUT2D eigenvalue weighted by Gasteiger charge is 2.20. The minimum Gasteiger partial charge on any atom is -0.504 e. The molecule has 0 amide bonds. The van der Waals surface area contributed by atoms with Crippen molar-refractivity contribution in [1.29, 1.82) is 0 Å². The predicted octanol–water partition coefficient (Wildman–Crippen LogP) is 1.51. The number of fused-ring (bicyclic) bond motifs is 1. The highest BCUT2D eigenvalue weighted by atomic mass is 32.2. The van der Waals surface area contributed by atoms with Crippen molar-refractivity contribution < 1.29 is 27.9 Å². The third-order valence-electron chi connectivity index (χ3n) is 2.54. The third-order valence-corrected chi connectivity index (χ3v) is 3.43. The third kappa shape index (κ3) is 1.83. The number of hydrogen-bond acceptors (Lipinski definition) is 5. The van der Waals surface area contributed by atoms with E-state index in [1.165, 1.54) is 25.3 Å². The molecule has 0 aliphatic rings. The van der Waals surface area contributed by atoms with Gasteiger partial charge in [-0.1, -0.05) is 12.1 Å². The van der Waals surface area contributed by atoms with Gasteiger partial charge in [0.15, 0.2) is 11.5 Å². The Bertz CT molecular complexity index is 720. The van der Waals surface area contributed by atoms with Gasteiger partial charge in [0, 0.05) is 16.8 Å². The first kappa shape index (κ1) is 12.5. The van der Waals surface area contributed by atoms with Crippen molar-refractivity contribution in [2.75, 3.05) is 7.11 Å². The van der Waals surface area contributed by atoms with Crippen molar-refractivity contribution in [3.63, 3.8) is 0 Å². The number of hydrogen-bond donors (Lipinski definition) is 3. The Kier molecular flexibility index (Phi) is 2.80. The molecule has 0 fully saturated rings. The van der Waals surface area contributed by atoms with Gasteiger partial charge in [0.25, 0.3) is 10.1 Å². The average Bonchev–Trinajstić information content (AvgIpc) is 2.32. The average molecular weight is 270 g/mol. The summed E-state index contributed by atoms with van der Waals surface area (Å²) in [6.45, 7) is 0. The number of phenols is 2. The summed E-state index contributed by atoms with van der Waals surface area (Å²) in [6.07, 6.45) is 0. The molecule has 0 aliphatic heterocycles. The monoisotopic (exact) mass is 270 g/mol. The summed E-state index contributed by atoms with van der Waals surface area (Å²) in [7, 11) is -3.18.